The summed E-state index contributed by atoms with van der Waals surface area (Å²) in [4.78, 5) is 28.2. The Bertz CT molecular complexity index is 647. The Kier molecular flexibility index (Phi) is 6.91. The van der Waals surface area contributed by atoms with Crippen molar-refractivity contribution in [3.63, 3.8) is 0 Å². The van der Waals surface area contributed by atoms with E-state index in [2.05, 4.69) is 21.2 Å². The molecule has 0 aliphatic carbocycles. The molecule has 1 unspecified atom stereocenters. The molecule has 0 spiro atoms. The van der Waals surface area contributed by atoms with Gasteiger partial charge in [0.15, 0.2) is 0 Å². The molecule has 0 bridgehead atoms. The Morgan fingerprint density at radius 2 is 1.79 bits per heavy atom. The molecule has 1 aromatic carbocycles. The molecule has 2 rings (SSSR count). The zero-order valence-electron chi connectivity index (χ0n) is 13.7. The summed E-state index contributed by atoms with van der Waals surface area (Å²) >= 11 is 0. The molecule has 0 saturated carbocycles. The van der Waals surface area contributed by atoms with Gasteiger partial charge in [-0.2, -0.15) is 0 Å². The van der Waals surface area contributed by atoms with Gasteiger partial charge in [0.05, 0.1) is 0 Å². The van der Waals surface area contributed by atoms with Crippen molar-refractivity contribution < 1.29 is 9.59 Å². The number of hydrazine groups is 1. The van der Waals surface area contributed by atoms with Gasteiger partial charge in [0.1, 0.15) is 6.04 Å². The number of hydrogen-bond acceptors (Lipinski definition) is 4. The average Bonchev–Trinajstić information content (AvgIpc) is 2.64. The Labute approximate surface area is 141 Å². The van der Waals surface area contributed by atoms with E-state index in [1.54, 1.807) is 24.5 Å². The van der Waals surface area contributed by atoms with Gasteiger partial charge in [-0.05, 0) is 24.1 Å². The van der Waals surface area contributed by atoms with Crippen molar-refractivity contribution in [2.24, 2.45) is 0 Å². The standard InChI is InChI=1S/C18H22N4O2/c1-2-6-16(18(24)20-13-14-7-4-3-5-8-14)21-22-17(23)15-9-11-19-12-10-15/h3-5,7-12,16,21H,2,6,13H2,1H3,(H,20,24)(H,22,23). The highest BCUT2D eigenvalue weighted by Crippen LogP contribution is 2.01. The highest BCUT2D eigenvalue weighted by Gasteiger charge is 2.18. The first kappa shape index (κ1) is 17.6. The fourth-order valence-electron chi connectivity index (χ4n) is 2.19. The predicted octanol–water partition coefficient (Wildman–Crippen LogP) is 1.80. The van der Waals surface area contributed by atoms with Crippen LogP contribution in [0.5, 0.6) is 0 Å². The van der Waals surface area contributed by atoms with Crippen LogP contribution in [0.4, 0.5) is 0 Å². The van der Waals surface area contributed by atoms with E-state index in [4.69, 9.17) is 0 Å². The summed E-state index contributed by atoms with van der Waals surface area (Å²) in [6.45, 7) is 2.45. The van der Waals surface area contributed by atoms with Crippen LogP contribution in [-0.2, 0) is 11.3 Å². The van der Waals surface area contributed by atoms with Crippen molar-refractivity contribution in [2.75, 3.05) is 0 Å². The quantitative estimate of drug-likeness (QED) is 0.646. The van der Waals surface area contributed by atoms with Gasteiger partial charge >= 0.3 is 0 Å². The fraction of sp³-hybridized carbons (Fsp3) is 0.278. The topological polar surface area (TPSA) is 83.1 Å². The molecule has 0 aliphatic heterocycles. The predicted molar refractivity (Wildman–Crippen MR) is 91.8 cm³/mol. The van der Waals surface area contributed by atoms with Crippen molar-refractivity contribution in [1.29, 1.82) is 0 Å². The Balaban J connectivity index is 1.86. The molecule has 1 heterocycles. The fourth-order valence-corrected chi connectivity index (χ4v) is 2.19. The zero-order valence-corrected chi connectivity index (χ0v) is 13.7. The summed E-state index contributed by atoms with van der Waals surface area (Å²) in [5, 5.41) is 2.88. The van der Waals surface area contributed by atoms with Gasteiger partial charge in [0, 0.05) is 24.5 Å². The maximum Gasteiger partial charge on any atom is 0.265 e. The van der Waals surface area contributed by atoms with Gasteiger partial charge in [-0.1, -0.05) is 43.7 Å². The van der Waals surface area contributed by atoms with Crippen LogP contribution in [0.15, 0.2) is 54.9 Å². The molecule has 1 aromatic heterocycles. The van der Waals surface area contributed by atoms with Gasteiger partial charge in [-0.15, -0.1) is 0 Å². The molecule has 6 nitrogen and oxygen atoms in total. The maximum absolute atomic E-state index is 12.3. The van der Waals surface area contributed by atoms with Crippen molar-refractivity contribution >= 4 is 11.8 Å². The molecule has 0 fully saturated rings. The summed E-state index contributed by atoms with van der Waals surface area (Å²) in [6, 6.07) is 12.4. The smallest absolute Gasteiger partial charge is 0.265 e. The number of carbonyl (C=O) groups is 2. The number of pyridine rings is 1. The third-order valence-corrected chi connectivity index (χ3v) is 3.51. The lowest BCUT2D eigenvalue weighted by atomic mass is 10.1. The molecule has 1 atom stereocenters. The van der Waals surface area contributed by atoms with Crippen LogP contribution in [0.1, 0.15) is 35.7 Å². The number of amides is 2. The monoisotopic (exact) mass is 326 g/mol. The van der Waals surface area contributed by atoms with Gasteiger partial charge in [-0.3, -0.25) is 20.0 Å². The Morgan fingerprint density at radius 3 is 2.46 bits per heavy atom. The lowest BCUT2D eigenvalue weighted by molar-refractivity contribution is -0.123. The van der Waals surface area contributed by atoms with Crippen molar-refractivity contribution in [2.45, 2.75) is 32.4 Å². The highest BCUT2D eigenvalue weighted by molar-refractivity contribution is 5.94. The number of nitrogens with one attached hydrogen (secondary N) is 3. The molecule has 0 saturated heterocycles. The molecule has 24 heavy (non-hydrogen) atoms. The molecule has 2 aromatic rings. The van der Waals surface area contributed by atoms with Crippen LogP contribution in [0.25, 0.3) is 0 Å². The lowest BCUT2D eigenvalue weighted by Gasteiger charge is -2.18. The van der Waals surface area contributed by atoms with Crippen molar-refractivity contribution in [3.8, 4) is 0 Å². The number of nitrogens with zero attached hydrogens (tertiary/aromatic N) is 1. The molecular formula is C18H22N4O2. The van der Waals surface area contributed by atoms with Crippen LogP contribution in [0, 0.1) is 0 Å². The lowest BCUT2D eigenvalue weighted by Crippen LogP contribution is -2.51. The van der Waals surface area contributed by atoms with Gasteiger partial charge in [-0.25, -0.2) is 5.43 Å². The van der Waals surface area contributed by atoms with Gasteiger partial charge < -0.3 is 5.32 Å². The second-order valence-corrected chi connectivity index (χ2v) is 5.38. The number of hydrogen-bond donors (Lipinski definition) is 3. The van der Waals surface area contributed by atoms with E-state index >= 15 is 0 Å². The molecule has 6 heteroatoms. The minimum Gasteiger partial charge on any atom is -0.351 e. The third kappa shape index (κ3) is 5.48. The minimum atomic E-state index is -0.482. The second-order valence-electron chi connectivity index (χ2n) is 5.38. The third-order valence-electron chi connectivity index (χ3n) is 3.51. The zero-order chi connectivity index (χ0) is 17.2. The summed E-state index contributed by atoms with van der Waals surface area (Å²) < 4.78 is 0. The average molecular weight is 326 g/mol. The van der Waals surface area contributed by atoms with E-state index < -0.39 is 6.04 Å². The first-order valence-corrected chi connectivity index (χ1v) is 7.98. The van der Waals surface area contributed by atoms with Crippen molar-refractivity contribution in [3.05, 3.63) is 66.0 Å². The summed E-state index contributed by atoms with van der Waals surface area (Å²) in [5.74, 6) is -0.440. The van der Waals surface area contributed by atoms with Gasteiger partial charge in [0.2, 0.25) is 5.91 Å². The van der Waals surface area contributed by atoms with Crippen LogP contribution >= 0.6 is 0 Å². The first-order chi connectivity index (χ1) is 11.7. The molecule has 126 valence electrons. The first-order valence-electron chi connectivity index (χ1n) is 7.98. The van der Waals surface area contributed by atoms with Gasteiger partial charge in [0.25, 0.3) is 5.91 Å². The highest BCUT2D eigenvalue weighted by atomic mass is 16.2. The van der Waals surface area contributed by atoms with E-state index in [9.17, 15) is 9.59 Å². The molecular weight excluding hydrogens is 304 g/mol. The van der Waals surface area contributed by atoms with E-state index in [1.165, 1.54) is 0 Å². The van der Waals surface area contributed by atoms with E-state index in [-0.39, 0.29) is 11.8 Å². The molecule has 0 radical (unpaired) electrons. The minimum absolute atomic E-state index is 0.143. The number of aromatic nitrogens is 1. The Morgan fingerprint density at radius 1 is 1.08 bits per heavy atom. The molecule has 2 amide bonds. The largest absolute Gasteiger partial charge is 0.351 e. The van der Waals surface area contributed by atoms with Crippen LogP contribution in [0.2, 0.25) is 0 Å². The SMILES string of the molecule is CCCC(NNC(=O)c1ccncc1)C(=O)NCc1ccccc1. The summed E-state index contributed by atoms with van der Waals surface area (Å²) in [6.07, 6.45) is 4.54. The van der Waals surface area contributed by atoms with E-state index in [0.29, 0.717) is 18.5 Å². The summed E-state index contributed by atoms with van der Waals surface area (Å²) in [7, 11) is 0. The van der Waals surface area contributed by atoms with E-state index in [0.717, 1.165) is 12.0 Å². The summed E-state index contributed by atoms with van der Waals surface area (Å²) in [5.41, 5.74) is 6.92. The van der Waals surface area contributed by atoms with Crippen LogP contribution in [0.3, 0.4) is 0 Å². The second kappa shape index (κ2) is 9.42. The van der Waals surface area contributed by atoms with Crippen LogP contribution < -0.4 is 16.2 Å². The normalized spacial score (nSPS) is 11.5. The maximum atomic E-state index is 12.3. The number of benzene rings is 1. The molecule has 0 aliphatic rings. The van der Waals surface area contributed by atoms with E-state index in [1.807, 2.05) is 37.3 Å². The number of carbonyl (C=O) groups excluding carboxylic acids is 2. The molecule has 3 N–H and O–H groups in total. The Hall–Kier alpha value is -2.73. The van der Waals surface area contributed by atoms with Crippen LogP contribution in [-0.4, -0.2) is 22.8 Å². The van der Waals surface area contributed by atoms with Crippen molar-refractivity contribution in [1.82, 2.24) is 21.2 Å². The number of rotatable bonds is 8.